The van der Waals surface area contributed by atoms with Crippen LogP contribution in [0.4, 0.5) is 10.5 Å². The molecule has 0 aromatic heterocycles. The number of ether oxygens (including phenoxy) is 4. The lowest BCUT2D eigenvalue weighted by Crippen LogP contribution is -2.52. The Morgan fingerprint density at radius 2 is 1.80 bits per heavy atom. The number of hydrogen-bond acceptors (Lipinski definition) is 8. The number of hydrogen-bond donors (Lipinski definition) is 1. The highest BCUT2D eigenvalue weighted by Crippen LogP contribution is 2.60. The maximum Gasteiger partial charge on any atom is 0.410 e. The van der Waals surface area contributed by atoms with Crippen LogP contribution in [0.3, 0.4) is 0 Å². The van der Waals surface area contributed by atoms with Gasteiger partial charge in [0, 0.05) is 50.0 Å². The number of rotatable bonds is 9. The summed E-state index contributed by atoms with van der Waals surface area (Å²) in [6.07, 6.45) is 2.26. The van der Waals surface area contributed by atoms with Crippen LogP contribution in [0.1, 0.15) is 57.6 Å². The molecule has 4 aliphatic rings. The molecule has 3 aliphatic heterocycles. The number of nitrogens with one attached hydrogen (secondary N) is 1. The van der Waals surface area contributed by atoms with Gasteiger partial charge in [-0.2, -0.15) is 0 Å². The summed E-state index contributed by atoms with van der Waals surface area (Å²) in [6.45, 7) is 8.97. The second-order valence-electron chi connectivity index (χ2n) is 13.9. The molecule has 0 saturated carbocycles. The van der Waals surface area contributed by atoms with Crippen molar-refractivity contribution in [3.63, 3.8) is 0 Å². The van der Waals surface area contributed by atoms with Crippen molar-refractivity contribution < 1.29 is 28.5 Å². The van der Waals surface area contributed by atoms with E-state index in [9.17, 15) is 9.59 Å². The minimum atomic E-state index is -0.566. The van der Waals surface area contributed by atoms with Gasteiger partial charge < -0.3 is 29.2 Å². The van der Waals surface area contributed by atoms with E-state index in [0.717, 1.165) is 42.9 Å². The Morgan fingerprint density at radius 3 is 2.51 bits per heavy atom. The molecule has 1 amide bonds. The van der Waals surface area contributed by atoms with Gasteiger partial charge in [-0.25, -0.2) is 9.59 Å². The fraction of sp³-hybridized carbons (Fsp3) is 0.556. The number of likely N-dealkylation sites (tertiary alicyclic amines) is 1. The summed E-state index contributed by atoms with van der Waals surface area (Å²) in [7, 11) is 3.25. The topological polar surface area (TPSA) is 89.6 Å². The van der Waals surface area contributed by atoms with E-state index < -0.39 is 5.60 Å². The smallest absolute Gasteiger partial charge is 0.410 e. The lowest BCUT2D eigenvalue weighted by atomic mass is 9.61. The van der Waals surface area contributed by atoms with E-state index >= 15 is 0 Å². The molecule has 1 unspecified atom stereocenters. The van der Waals surface area contributed by atoms with Crippen LogP contribution < -0.4 is 5.32 Å². The van der Waals surface area contributed by atoms with E-state index in [4.69, 9.17) is 18.9 Å². The van der Waals surface area contributed by atoms with Gasteiger partial charge in [-0.05, 0) is 69.6 Å². The zero-order chi connectivity index (χ0) is 31.8. The molecule has 6 rings (SSSR count). The number of carbonyl (C=O) groups is 2. The van der Waals surface area contributed by atoms with Crippen molar-refractivity contribution in [2.24, 2.45) is 11.8 Å². The minimum Gasteiger partial charge on any atom is -0.466 e. The van der Waals surface area contributed by atoms with Crippen molar-refractivity contribution in [3.8, 4) is 0 Å². The van der Waals surface area contributed by atoms with Crippen molar-refractivity contribution in [2.75, 3.05) is 45.8 Å². The summed E-state index contributed by atoms with van der Waals surface area (Å²) < 4.78 is 23.3. The van der Waals surface area contributed by atoms with E-state index in [-0.39, 0.29) is 41.6 Å². The first-order valence-electron chi connectivity index (χ1n) is 16.2. The van der Waals surface area contributed by atoms with Gasteiger partial charge in [-0.3, -0.25) is 4.90 Å². The van der Waals surface area contributed by atoms with E-state index in [2.05, 4.69) is 58.7 Å². The summed E-state index contributed by atoms with van der Waals surface area (Å²) in [5, 5.41) is 3.69. The van der Waals surface area contributed by atoms with Crippen LogP contribution in [0.15, 0.2) is 65.9 Å². The van der Waals surface area contributed by atoms with Gasteiger partial charge in [0.25, 0.3) is 0 Å². The first-order valence-corrected chi connectivity index (χ1v) is 16.2. The van der Waals surface area contributed by atoms with Crippen LogP contribution in [0.5, 0.6) is 0 Å². The Balaban J connectivity index is 1.36. The monoisotopic (exact) mass is 617 g/mol. The molecule has 45 heavy (non-hydrogen) atoms. The highest BCUT2D eigenvalue weighted by molar-refractivity contribution is 5.93. The van der Waals surface area contributed by atoms with Gasteiger partial charge in [0.2, 0.25) is 0 Å². The first kappa shape index (κ1) is 31.6. The molecule has 9 heteroatoms. The predicted octanol–water partition coefficient (Wildman–Crippen LogP) is 5.71. The van der Waals surface area contributed by atoms with Crippen molar-refractivity contribution in [2.45, 2.75) is 76.3 Å². The average molecular weight is 618 g/mol. The molecular formula is C36H47N3O6. The van der Waals surface area contributed by atoms with Crippen LogP contribution in [-0.2, 0) is 35.7 Å². The molecular weight excluding hydrogens is 570 g/mol. The second-order valence-corrected chi connectivity index (χ2v) is 13.9. The van der Waals surface area contributed by atoms with Crippen molar-refractivity contribution >= 4 is 17.7 Å². The zero-order valence-electron chi connectivity index (χ0n) is 27.2. The predicted molar refractivity (Wildman–Crippen MR) is 171 cm³/mol. The second kappa shape index (κ2) is 12.8. The summed E-state index contributed by atoms with van der Waals surface area (Å²) in [5.41, 5.74) is 4.41. The number of anilines is 1. The number of benzene rings is 2. The zero-order valence-corrected chi connectivity index (χ0v) is 27.2. The molecule has 2 saturated heterocycles. The largest absolute Gasteiger partial charge is 0.466 e. The number of methoxy groups -OCH3 is 1. The third-order valence-corrected chi connectivity index (χ3v) is 9.86. The van der Waals surface area contributed by atoms with E-state index in [0.29, 0.717) is 32.6 Å². The van der Waals surface area contributed by atoms with Crippen LogP contribution in [0.2, 0.25) is 0 Å². The lowest BCUT2D eigenvalue weighted by molar-refractivity contribution is -0.137. The number of amides is 1. The molecule has 2 aromatic carbocycles. The van der Waals surface area contributed by atoms with Gasteiger partial charge in [-0.15, -0.1) is 0 Å². The Labute approximate surface area is 266 Å². The fourth-order valence-electron chi connectivity index (χ4n) is 8.08. The van der Waals surface area contributed by atoms with Gasteiger partial charge in [0.15, 0.2) is 6.29 Å². The van der Waals surface area contributed by atoms with Gasteiger partial charge >= 0.3 is 12.1 Å². The van der Waals surface area contributed by atoms with Crippen LogP contribution in [-0.4, -0.2) is 80.3 Å². The first-order chi connectivity index (χ1) is 21.6. The molecule has 2 aromatic rings. The SMILES string of the molecule is COC(=O)C1=C2Nc3ccccc3[C@@]23CCN(Cc2ccccc2)[C@H]3[C@H](CC(CCN(C)C(=O)OC(C)(C)C)C2OCCO2)C1. The lowest BCUT2D eigenvalue weighted by Gasteiger charge is -2.47. The third-order valence-electron chi connectivity index (χ3n) is 9.86. The van der Waals surface area contributed by atoms with Crippen LogP contribution >= 0.6 is 0 Å². The average Bonchev–Trinajstić information content (AvgIpc) is 3.76. The normalized spacial score (nSPS) is 25.3. The Hall–Kier alpha value is -3.40. The summed E-state index contributed by atoms with van der Waals surface area (Å²) in [6, 6.07) is 19.3. The van der Waals surface area contributed by atoms with Crippen LogP contribution in [0, 0.1) is 11.8 Å². The minimum absolute atomic E-state index is 0.0173. The molecule has 1 N–H and O–H groups in total. The molecule has 9 nitrogen and oxygen atoms in total. The number of fused-ring (bicyclic) bond motifs is 1. The number of esters is 1. The molecule has 1 spiro atoms. The maximum atomic E-state index is 13.5. The fourth-order valence-corrected chi connectivity index (χ4v) is 8.08. The number of para-hydroxylation sites is 1. The molecule has 4 atom stereocenters. The molecule has 0 bridgehead atoms. The molecule has 242 valence electrons. The molecule has 2 fully saturated rings. The van der Waals surface area contributed by atoms with Crippen molar-refractivity contribution in [3.05, 3.63) is 77.0 Å². The van der Waals surface area contributed by atoms with Crippen molar-refractivity contribution in [1.29, 1.82) is 0 Å². The van der Waals surface area contributed by atoms with Gasteiger partial charge in [-0.1, -0.05) is 48.5 Å². The Kier molecular flexibility index (Phi) is 8.96. The summed E-state index contributed by atoms with van der Waals surface area (Å²) in [4.78, 5) is 30.5. The summed E-state index contributed by atoms with van der Waals surface area (Å²) >= 11 is 0. The Bertz CT molecular complexity index is 1420. The van der Waals surface area contributed by atoms with Gasteiger partial charge in [0.1, 0.15) is 5.60 Å². The molecule has 3 heterocycles. The van der Waals surface area contributed by atoms with E-state index in [1.54, 1.807) is 11.9 Å². The van der Waals surface area contributed by atoms with E-state index in [1.807, 2.05) is 26.8 Å². The molecule has 0 radical (unpaired) electrons. The highest BCUT2D eigenvalue weighted by Gasteiger charge is 2.61. The quantitative estimate of drug-likeness (QED) is 0.358. The third kappa shape index (κ3) is 6.22. The van der Waals surface area contributed by atoms with E-state index in [1.165, 1.54) is 18.2 Å². The van der Waals surface area contributed by atoms with Gasteiger partial charge in [0.05, 0.1) is 31.3 Å². The number of nitrogens with zero attached hydrogens (tertiary/aromatic N) is 2. The standard InChI is InChI=1S/C36H47N3O6/c1-35(2,3)45-34(41)38(4)17-15-25(33-43-19-20-44-33)21-26-22-27(32(40)42-5)30-36(28-13-9-10-14-29(28)37-30)16-18-39(31(26)36)23-24-11-7-6-8-12-24/h6-14,25-26,31,33,37H,15-23H2,1-5H3/t25?,26-,31+,36+/m1/s1. The summed E-state index contributed by atoms with van der Waals surface area (Å²) in [5.74, 6) is -0.139. The van der Waals surface area contributed by atoms with Crippen molar-refractivity contribution in [1.82, 2.24) is 9.80 Å². The molecule has 1 aliphatic carbocycles. The number of carbonyl (C=O) groups excluding carboxylic acids is 2. The Morgan fingerprint density at radius 1 is 1.09 bits per heavy atom. The van der Waals surface area contributed by atoms with Crippen LogP contribution in [0.25, 0.3) is 0 Å². The highest BCUT2D eigenvalue weighted by atomic mass is 16.7. The maximum absolute atomic E-state index is 13.5.